The van der Waals surface area contributed by atoms with E-state index in [-0.39, 0.29) is 16.4 Å². The number of carbonyl (C=O) groups is 1. The van der Waals surface area contributed by atoms with Gasteiger partial charge in [0.05, 0.1) is 0 Å². The number of rotatable bonds is 3. The molecule has 1 aromatic carbocycles. The predicted octanol–water partition coefficient (Wildman–Crippen LogP) is 2.56. The van der Waals surface area contributed by atoms with Gasteiger partial charge < -0.3 is 10.6 Å². The lowest BCUT2D eigenvalue weighted by Gasteiger charge is -2.05. The van der Waals surface area contributed by atoms with E-state index in [1.54, 1.807) is 13.1 Å². The topological polar surface area (TPSA) is 66.9 Å². The number of hydrogen-bond acceptors (Lipinski definition) is 4. The van der Waals surface area contributed by atoms with Crippen LogP contribution in [0.25, 0.3) is 0 Å². The van der Waals surface area contributed by atoms with Crippen LogP contribution in [0.2, 0.25) is 5.02 Å². The van der Waals surface area contributed by atoms with Crippen molar-refractivity contribution in [2.45, 2.75) is 0 Å². The summed E-state index contributed by atoms with van der Waals surface area (Å²) in [6.07, 6.45) is 0. The second kappa shape index (κ2) is 5.62. The van der Waals surface area contributed by atoms with Crippen LogP contribution in [-0.4, -0.2) is 23.2 Å². The van der Waals surface area contributed by atoms with Crippen LogP contribution in [-0.2, 0) is 0 Å². The van der Waals surface area contributed by atoms with Crippen LogP contribution in [0, 0.1) is 5.82 Å². The van der Waals surface area contributed by atoms with Crippen LogP contribution in [0.4, 0.5) is 15.9 Å². The van der Waals surface area contributed by atoms with Gasteiger partial charge in [0.15, 0.2) is 5.69 Å². The fourth-order valence-electron chi connectivity index (χ4n) is 1.41. The Labute approximate surface area is 113 Å². The van der Waals surface area contributed by atoms with Gasteiger partial charge in [-0.3, -0.25) is 4.79 Å². The summed E-state index contributed by atoms with van der Waals surface area (Å²) in [5, 5.41) is 13.0. The normalized spacial score (nSPS) is 10.1. The molecule has 19 heavy (non-hydrogen) atoms. The molecule has 0 spiro atoms. The van der Waals surface area contributed by atoms with Gasteiger partial charge in [0.2, 0.25) is 0 Å². The van der Waals surface area contributed by atoms with E-state index in [4.69, 9.17) is 11.6 Å². The van der Waals surface area contributed by atoms with E-state index in [0.29, 0.717) is 5.82 Å². The van der Waals surface area contributed by atoms with E-state index >= 15 is 0 Å². The van der Waals surface area contributed by atoms with Gasteiger partial charge in [-0.1, -0.05) is 11.6 Å². The minimum atomic E-state index is -0.528. The summed E-state index contributed by atoms with van der Waals surface area (Å²) in [4.78, 5) is 11.8. The number of halogens is 2. The van der Waals surface area contributed by atoms with Gasteiger partial charge in [-0.2, -0.15) is 0 Å². The monoisotopic (exact) mass is 280 g/mol. The van der Waals surface area contributed by atoms with Gasteiger partial charge in [0.1, 0.15) is 11.6 Å². The van der Waals surface area contributed by atoms with Gasteiger partial charge in [-0.05, 0) is 30.3 Å². The van der Waals surface area contributed by atoms with Crippen molar-refractivity contribution in [3.63, 3.8) is 0 Å². The molecule has 0 saturated carbocycles. The van der Waals surface area contributed by atoms with Crippen molar-refractivity contribution in [1.29, 1.82) is 0 Å². The van der Waals surface area contributed by atoms with Crippen LogP contribution in [0.5, 0.6) is 0 Å². The maximum absolute atomic E-state index is 13.1. The van der Waals surface area contributed by atoms with E-state index in [9.17, 15) is 9.18 Å². The van der Waals surface area contributed by atoms with E-state index in [2.05, 4.69) is 20.8 Å². The Kier molecular flexibility index (Phi) is 3.91. The zero-order valence-electron chi connectivity index (χ0n) is 9.95. The van der Waals surface area contributed by atoms with Crippen molar-refractivity contribution in [1.82, 2.24) is 10.2 Å². The van der Waals surface area contributed by atoms with Crippen molar-refractivity contribution in [2.75, 3.05) is 17.7 Å². The third kappa shape index (κ3) is 3.38. The smallest absolute Gasteiger partial charge is 0.276 e. The number of aromatic nitrogens is 2. The van der Waals surface area contributed by atoms with E-state index < -0.39 is 11.7 Å². The molecule has 0 unspecified atom stereocenters. The van der Waals surface area contributed by atoms with Crippen LogP contribution < -0.4 is 10.6 Å². The standard InChI is InChI=1S/C12H10ClFN4O/c1-15-11-3-2-10(17-18-11)12(19)16-9-5-7(13)4-8(14)6-9/h2-6H,1H3,(H,15,18)(H,16,19). The predicted molar refractivity (Wildman–Crippen MR) is 70.9 cm³/mol. The van der Waals surface area contributed by atoms with Crippen LogP contribution in [0.3, 0.4) is 0 Å². The second-order valence-electron chi connectivity index (χ2n) is 3.67. The Balaban J connectivity index is 2.15. The highest BCUT2D eigenvalue weighted by atomic mass is 35.5. The van der Waals surface area contributed by atoms with Crippen molar-refractivity contribution in [2.24, 2.45) is 0 Å². The lowest BCUT2D eigenvalue weighted by molar-refractivity contribution is 0.102. The summed E-state index contributed by atoms with van der Waals surface area (Å²) in [5.74, 6) is -0.471. The molecule has 1 amide bonds. The average Bonchev–Trinajstić information content (AvgIpc) is 2.37. The zero-order valence-corrected chi connectivity index (χ0v) is 10.7. The fraction of sp³-hybridized carbons (Fsp3) is 0.0833. The van der Waals surface area contributed by atoms with E-state index in [0.717, 1.165) is 6.07 Å². The first-order chi connectivity index (χ1) is 9.08. The molecular formula is C12H10ClFN4O. The molecule has 0 radical (unpaired) electrons. The number of benzene rings is 1. The molecule has 1 aromatic heterocycles. The van der Waals surface area contributed by atoms with Gasteiger partial charge in [0, 0.05) is 17.8 Å². The second-order valence-corrected chi connectivity index (χ2v) is 4.10. The molecule has 0 aliphatic heterocycles. The van der Waals surface area contributed by atoms with Crippen molar-refractivity contribution < 1.29 is 9.18 Å². The van der Waals surface area contributed by atoms with Gasteiger partial charge in [0.25, 0.3) is 5.91 Å². The largest absolute Gasteiger partial charge is 0.372 e. The van der Waals surface area contributed by atoms with Gasteiger partial charge in [-0.25, -0.2) is 4.39 Å². The molecule has 2 rings (SSSR count). The molecule has 0 fully saturated rings. The number of nitrogens with one attached hydrogen (secondary N) is 2. The summed E-state index contributed by atoms with van der Waals surface area (Å²) in [5.41, 5.74) is 0.383. The number of carbonyl (C=O) groups excluding carboxylic acids is 1. The molecule has 0 atom stereocenters. The third-order valence-corrected chi connectivity index (χ3v) is 2.49. The molecule has 0 aliphatic carbocycles. The molecular weight excluding hydrogens is 271 g/mol. The quantitative estimate of drug-likeness (QED) is 0.907. The SMILES string of the molecule is CNc1ccc(C(=O)Nc2cc(F)cc(Cl)c2)nn1. The zero-order chi connectivity index (χ0) is 13.8. The fourth-order valence-corrected chi connectivity index (χ4v) is 1.63. The lowest BCUT2D eigenvalue weighted by Crippen LogP contribution is -2.14. The number of anilines is 2. The van der Waals surface area contributed by atoms with E-state index in [1.165, 1.54) is 18.2 Å². The minimum Gasteiger partial charge on any atom is -0.372 e. The van der Waals surface area contributed by atoms with Crippen LogP contribution in [0.1, 0.15) is 10.5 Å². The van der Waals surface area contributed by atoms with Gasteiger partial charge >= 0.3 is 0 Å². The molecule has 98 valence electrons. The van der Waals surface area contributed by atoms with Crippen LogP contribution in [0.15, 0.2) is 30.3 Å². The summed E-state index contributed by atoms with van der Waals surface area (Å²) in [6, 6.07) is 6.88. The van der Waals surface area contributed by atoms with E-state index in [1.807, 2.05) is 0 Å². The van der Waals surface area contributed by atoms with Gasteiger partial charge in [-0.15, -0.1) is 10.2 Å². The number of nitrogens with zero attached hydrogens (tertiary/aromatic N) is 2. The van der Waals surface area contributed by atoms with Crippen LogP contribution >= 0.6 is 11.6 Å². The molecule has 1 heterocycles. The molecule has 0 bridgehead atoms. The summed E-state index contributed by atoms with van der Waals surface area (Å²) < 4.78 is 13.1. The Bertz CT molecular complexity index is 583. The highest BCUT2D eigenvalue weighted by Gasteiger charge is 2.09. The molecule has 2 aromatic rings. The molecule has 0 saturated heterocycles. The Morgan fingerprint density at radius 1 is 1.26 bits per heavy atom. The lowest BCUT2D eigenvalue weighted by atomic mass is 10.3. The Morgan fingerprint density at radius 2 is 2.05 bits per heavy atom. The maximum Gasteiger partial charge on any atom is 0.276 e. The first kappa shape index (κ1) is 13.2. The highest BCUT2D eigenvalue weighted by Crippen LogP contribution is 2.18. The summed E-state index contributed by atoms with van der Waals surface area (Å²) in [6.45, 7) is 0. The Morgan fingerprint density at radius 3 is 2.63 bits per heavy atom. The van der Waals surface area contributed by atoms with Crippen molar-refractivity contribution >= 4 is 29.0 Å². The third-order valence-electron chi connectivity index (χ3n) is 2.27. The molecule has 5 nitrogen and oxygen atoms in total. The van der Waals surface area contributed by atoms with Crippen molar-refractivity contribution in [3.8, 4) is 0 Å². The maximum atomic E-state index is 13.1. The minimum absolute atomic E-state index is 0.124. The summed E-state index contributed by atoms with van der Waals surface area (Å²) in [7, 11) is 1.69. The average molecular weight is 281 g/mol. The number of amides is 1. The van der Waals surface area contributed by atoms with Crippen molar-refractivity contribution in [3.05, 3.63) is 46.9 Å². The molecule has 7 heteroatoms. The summed E-state index contributed by atoms with van der Waals surface area (Å²) >= 11 is 5.69. The first-order valence-corrected chi connectivity index (χ1v) is 5.75. The number of hydrogen-bond donors (Lipinski definition) is 2. The first-order valence-electron chi connectivity index (χ1n) is 5.37. The Hall–Kier alpha value is -2.21. The molecule has 0 aliphatic rings. The molecule has 2 N–H and O–H groups in total. The highest BCUT2D eigenvalue weighted by molar-refractivity contribution is 6.31.